The van der Waals surface area contributed by atoms with E-state index in [-0.39, 0.29) is 12.0 Å². The van der Waals surface area contributed by atoms with Gasteiger partial charge < -0.3 is 5.73 Å². The molecule has 1 rings (SSSR count). The molecule has 1 aromatic rings. The van der Waals surface area contributed by atoms with Gasteiger partial charge in [0.15, 0.2) is 5.96 Å². The summed E-state index contributed by atoms with van der Waals surface area (Å²) in [6.07, 6.45) is 3.14. The van der Waals surface area contributed by atoms with Crippen molar-refractivity contribution in [2.45, 2.75) is 40.0 Å². The fourth-order valence-corrected chi connectivity index (χ4v) is 2.26. The van der Waals surface area contributed by atoms with Gasteiger partial charge >= 0.3 is 6.03 Å². The van der Waals surface area contributed by atoms with Crippen LogP contribution in [0.15, 0.2) is 18.2 Å². The van der Waals surface area contributed by atoms with E-state index in [2.05, 4.69) is 18.3 Å². The van der Waals surface area contributed by atoms with Gasteiger partial charge in [-0.3, -0.25) is 15.6 Å². The molecule has 20 heavy (non-hydrogen) atoms. The maximum absolute atomic E-state index is 12.2. The van der Waals surface area contributed by atoms with E-state index in [0.717, 1.165) is 36.1 Å². The van der Waals surface area contributed by atoms with Gasteiger partial charge in [-0.2, -0.15) is 0 Å². The Hall–Kier alpha value is -2.04. The molecule has 4 N–H and O–H groups in total. The maximum Gasteiger partial charge on any atom is 0.328 e. The number of unbranched alkanes of at least 4 members (excludes halogenated alkanes) is 1. The van der Waals surface area contributed by atoms with Crippen LogP contribution in [0.5, 0.6) is 0 Å². The third kappa shape index (κ3) is 3.98. The molecule has 0 heterocycles. The van der Waals surface area contributed by atoms with E-state index in [1.165, 1.54) is 0 Å². The summed E-state index contributed by atoms with van der Waals surface area (Å²) in [6, 6.07) is 5.71. The first-order valence-electron chi connectivity index (χ1n) is 7.02. The first-order valence-corrected chi connectivity index (χ1v) is 7.02. The molecule has 0 fully saturated rings. The summed E-state index contributed by atoms with van der Waals surface area (Å²) in [5.41, 5.74) is 8.39. The fraction of sp³-hybridized carbons (Fsp3) is 0.467. The number of amides is 2. The minimum atomic E-state index is -0.355. The number of aryl methyl sites for hydroxylation is 2. The van der Waals surface area contributed by atoms with Crippen LogP contribution in [0, 0.1) is 12.3 Å². The van der Waals surface area contributed by atoms with Crippen LogP contribution < -0.4 is 16.0 Å². The molecule has 1 aromatic carbocycles. The highest BCUT2D eigenvalue weighted by atomic mass is 16.2. The van der Waals surface area contributed by atoms with Gasteiger partial charge in [0.2, 0.25) is 0 Å². The standard InChI is InChI=1S/C15H24N4O/c1-4-6-9-12-10-7-8-11(3)13(12)19(5-2)15(20)18-14(16)17/h7-8,10H,4-6,9H2,1-3H3,(H4,16,17,18,20). The number of nitrogens with one attached hydrogen (secondary N) is 2. The molecule has 0 radical (unpaired) electrons. The number of carbonyl (C=O) groups excluding carboxylic acids is 1. The minimum Gasteiger partial charge on any atom is -0.370 e. The van der Waals surface area contributed by atoms with Crippen LogP contribution in [0.1, 0.15) is 37.8 Å². The van der Waals surface area contributed by atoms with Crippen LogP contribution in [-0.2, 0) is 6.42 Å². The number of nitrogens with zero attached hydrogens (tertiary/aromatic N) is 1. The number of urea groups is 1. The molecule has 0 aromatic heterocycles. The number of hydrogen-bond donors (Lipinski definition) is 3. The van der Waals surface area contributed by atoms with Gasteiger partial charge in [0.1, 0.15) is 0 Å². The van der Waals surface area contributed by atoms with E-state index in [0.29, 0.717) is 6.54 Å². The molecule has 0 atom stereocenters. The number of rotatable bonds is 5. The number of hydrogen-bond acceptors (Lipinski definition) is 2. The smallest absolute Gasteiger partial charge is 0.328 e. The summed E-state index contributed by atoms with van der Waals surface area (Å²) in [4.78, 5) is 13.8. The van der Waals surface area contributed by atoms with Crippen LogP contribution in [-0.4, -0.2) is 18.5 Å². The molecule has 5 heteroatoms. The number of carbonyl (C=O) groups is 1. The SMILES string of the molecule is CCCCc1cccc(C)c1N(CC)C(=O)NC(=N)N. The second kappa shape index (κ2) is 7.53. The van der Waals surface area contributed by atoms with E-state index >= 15 is 0 Å². The lowest BCUT2D eigenvalue weighted by atomic mass is 10.0. The summed E-state index contributed by atoms with van der Waals surface area (Å²) in [5, 5.41) is 9.54. The Morgan fingerprint density at radius 3 is 2.65 bits per heavy atom. The highest BCUT2D eigenvalue weighted by Gasteiger charge is 2.19. The van der Waals surface area contributed by atoms with Gasteiger partial charge in [0, 0.05) is 6.54 Å². The Kier molecular flexibility index (Phi) is 6.03. The van der Waals surface area contributed by atoms with Gasteiger partial charge in [0.25, 0.3) is 0 Å². The van der Waals surface area contributed by atoms with Crippen LogP contribution in [0.4, 0.5) is 10.5 Å². The molecule has 0 bridgehead atoms. The van der Waals surface area contributed by atoms with E-state index in [1.54, 1.807) is 4.90 Å². The summed E-state index contributed by atoms with van der Waals surface area (Å²) < 4.78 is 0. The average molecular weight is 276 g/mol. The fourth-order valence-electron chi connectivity index (χ4n) is 2.26. The number of para-hydroxylation sites is 1. The lowest BCUT2D eigenvalue weighted by molar-refractivity contribution is 0.250. The van der Waals surface area contributed by atoms with E-state index in [9.17, 15) is 4.79 Å². The molecule has 5 nitrogen and oxygen atoms in total. The Bertz CT molecular complexity index is 485. The minimum absolute atomic E-state index is 0.336. The molecule has 0 saturated heterocycles. The van der Waals surface area contributed by atoms with Crippen LogP contribution in [0.2, 0.25) is 0 Å². The molecular weight excluding hydrogens is 252 g/mol. The highest BCUT2D eigenvalue weighted by molar-refractivity contribution is 6.03. The van der Waals surface area contributed by atoms with Crippen molar-refractivity contribution in [3.63, 3.8) is 0 Å². The monoisotopic (exact) mass is 276 g/mol. The number of benzene rings is 1. The predicted molar refractivity (Wildman–Crippen MR) is 83.3 cm³/mol. The van der Waals surface area contributed by atoms with Gasteiger partial charge in [-0.1, -0.05) is 31.5 Å². The highest BCUT2D eigenvalue weighted by Crippen LogP contribution is 2.26. The molecule has 0 saturated carbocycles. The quantitative estimate of drug-likeness (QED) is 0.571. The largest absolute Gasteiger partial charge is 0.370 e. The summed E-state index contributed by atoms with van der Waals surface area (Å²) in [7, 11) is 0. The molecule has 0 unspecified atom stereocenters. The average Bonchev–Trinajstić information content (AvgIpc) is 2.38. The van der Waals surface area contributed by atoms with Crippen molar-refractivity contribution in [1.82, 2.24) is 5.32 Å². The second-order valence-corrected chi connectivity index (χ2v) is 4.77. The third-order valence-electron chi connectivity index (χ3n) is 3.19. The number of nitrogens with two attached hydrogens (primary N) is 1. The maximum atomic E-state index is 12.2. The topological polar surface area (TPSA) is 82.2 Å². The first kappa shape index (κ1) is 16.0. The zero-order chi connectivity index (χ0) is 15.1. The number of guanidine groups is 1. The van der Waals surface area contributed by atoms with Gasteiger partial charge in [0.05, 0.1) is 5.69 Å². The van der Waals surface area contributed by atoms with E-state index in [1.807, 2.05) is 26.0 Å². The second-order valence-electron chi connectivity index (χ2n) is 4.77. The Morgan fingerprint density at radius 1 is 1.40 bits per heavy atom. The zero-order valence-corrected chi connectivity index (χ0v) is 12.5. The Morgan fingerprint density at radius 2 is 2.10 bits per heavy atom. The van der Waals surface area contributed by atoms with Crippen molar-refractivity contribution < 1.29 is 4.79 Å². The summed E-state index contributed by atoms with van der Waals surface area (Å²) >= 11 is 0. The van der Waals surface area contributed by atoms with E-state index in [4.69, 9.17) is 11.1 Å². The predicted octanol–water partition coefficient (Wildman–Crippen LogP) is 2.77. The molecule has 0 aliphatic heterocycles. The molecule has 0 aliphatic carbocycles. The zero-order valence-electron chi connectivity index (χ0n) is 12.5. The lowest BCUT2D eigenvalue weighted by Gasteiger charge is -2.25. The van der Waals surface area contributed by atoms with Crippen molar-refractivity contribution >= 4 is 17.7 Å². The molecular formula is C15H24N4O. The molecule has 0 spiro atoms. The van der Waals surface area contributed by atoms with Crippen molar-refractivity contribution in [2.75, 3.05) is 11.4 Å². The molecule has 110 valence electrons. The van der Waals surface area contributed by atoms with Crippen molar-refractivity contribution in [1.29, 1.82) is 5.41 Å². The van der Waals surface area contributed by atoms with Crippen LogP contribution >= 0.6 is 0 Å². The van der Waals surface area contributed by atoms with Gasteiger partial charge in [-0.15, -0.1) is 0 Å². The summed E-state index contributed by atoms with van der Waals surface area (Å²) in [5.74, 6) is -0.336. The number of anilines is 1. The van der Waals surface area contributed by atoms with Crippen molar-refractivity contribution in [2.24, 2.45) is 5.73 Å². The Balaban J connectivity index is 3.12. The van der Waals surface area contributed by atoms with Crippen molar-refractivity contribution in [3.05, 3.63) is 29.3 Å². The normalized spacial score (nSPS) is 10.2. The molecule has 2 amide bonds. The summed E-state index contributed by atoms with van der Waals surface area (Å²) in [6.45, 7) is 6.59. The first-order chi connectivity index (χ1) is 9.51. The Labute approximate surface area is 120 Å². The van der Waals surface area contributed by atoms with Crippen LogP contribution in [0.25, 0.3) is 0 Å². The lowest BCUT2D eigenvalue weighted by Crippen LogP contribution is -2.46. The van der Waals surface area contributed by atoms with Gasteiger partial charge in [-0.25, -0.2) is 4.79 Å². The third-order valence-corrected chi connectivity index (χ3v) is 3.19. The van der Waals surface area contributed by atoms with Crippen molar-refractivity contribution in [3.8, 4) is 0 Å². The van der Waals surface area contributed by atoms with Crippen LogP contribution in [0.3, 0.4) is 0 Å². The van der Waals surface area contributed by atoms with Gasteiger partial charge in [-0.05, 0) is 37.8 Å². The molecule has 0 aliphatic rings. The van der Waals surface area contributed by atoms with E-state index < -0.39 is 0 Å².